The van der Waals surface area contributed by atoms with Gasteiger partial charge in [0.15, 0.2) is 17.2 Å². The number of carbonyl (C=O) groups excluding carboxylic acids is 1. The van der Waals surface area contributed by atoms with Crippen LogP contribution in [0.1, 0.15) is 27.3 Å². The van der Waals surface area contributed by atoms with Crippen molar-refractivity contribution in [2.24, 2.45) is 0 Å². The van der Waals surface area contributed by atoms with Crippen LogP contribution in [0.5, 0.6) is 11.5 Å². The van der Waals surface area contributed by atoms with E-state index in [-0.39, 0.29) is 12.7 Å². The van der Waals surface area contributed by atoms with Gasteiger partial charge in [-0.15, -0.1) is 0 Å². The average Bonchev–Trinajstić information content (AvgIpc) is 3.26. The van der Waals surface area contributed by atoms with E-state index in [1.165, 1.54) is 5.56 Å². The molecule has 2 heterocycles. The number of rotatable bonds is 4. The maximum Gasteiger partial charge on any atom is 0.276 e. The van der Waals surface area contributed by atoms with E-state index in [1.54, 1.807) is 24.3 Å². The number of hydrogen-bond acceptors (Lipinski definition) is 4. The van der Waals surface area contributed by atoms with Crippen LogP contribution in [-0.2, 0) is 6.42 Å². The van der Waals surface area contributed by atoms with E-state index in [1.807, 2.05) is 0 Å². The van der Waals surface area contributed by atoms with Crippen LogP contribution in [0.15, 0.2) is 48.5 Å². The van der Waals surface area contributed by atoms with Crippen molar-refractivity contribution in [3.63, 3.8) is 0 Å². The Labute approximate surface area is 144 Å². The molecule has 2 aromatic carbocycles. The Morgan fingerprint density at radius 3 is 2.76 bits per heavy atom. The first-order chi connectivity index (χ1) is 12.2. The highest BCUT2D eigenvalue weighted by molar-refractivity contribution is 6.03. The van der Waals surface area contributed by atoms with E-state index in [0.717, 1.165) is 11.3 Å². The Morgan fingerprint density at radius 2 is 1.92 bits per heavy atom. The molecule has 6 nitrogen and oxygen atoms in total. The summed E-state index contributed by atoms with van der Waals surface area (Å²) in [5.74, 6) is 1.03. The lowest BCUT2D eigenvalue weighted by Gasteiger charge is -2.04. The maximum absolute atomic E-state index is 12.4. The van der Waals surface area contributed by atoms with E-state index in [2.05, 4.69) is 46.7 Å². The number of benzene rings is 2. The average molecular weight is 335 g/mol. The molecular formula is C19H17N3O3. The molecule has 1 aromatic heterocycles. The lowest BCUT2D eigenvalue weighted by molar-refractivity contribution is 0.102. The zero-order chi connectivity index (χ0) is 17.2. The van der Waals surface area contributed by atoms with Crippen LogP contribution in [0.4, 0.5) is 5.69 Å². The second kappa shape index (κ2) is 6.32. The van der Waals surface area contributed by atoms with Gasteiger partial charge in [0, 0.05) is 23.9 Å². The number of carbonyl (C=O) groups is 1. The summed E-state index contributed by atoms with van der Waals surface area (Å²) in [7, 11) is 0. The first kappa shape index (κ1) is 15.3. The summed E-state index contributed by atoms with van der Waals surface area (Å²) in [6.07, 6.45) is 0.699. The highest BCUT2D eigenvalue weighted by Crippen LogP contribution is 2.34. The second-order valence-electron chi connectivity index (χ2n) is 5.96. The van der Waals surface area contributed by atoms with Crippen LogP contribution in [0.3, 0.4) is 0 Å². The molecule has 1 amide bonds. The summed E-state index contributed by atoms with van der Waals surface area (Å²) in [5, 5.41) is 9.84. The van der Waals surface area contributed by atoms with Gasteiger partial charge in [-0.1, -0.05) is 29.8 Å². The molecule has 2 N–H and O–H groups in total. The zero-order valence-corrected chi connectivity index (χ0v) is 13.7. The van der Waals surface area contributed by atoms with E-state index in [4.69, 9.17) is 9.47 Å². The summed E-state index contributed by atoms with van der Waals surface area (Å²) in [6.45, 7) is 2.26. The predicted molar refractivity (Wildman–Crippen MR) is 93.1 cm³/mol. The van der Waals surface area contributed by atoms with Crippen LogP contribution < -0.4 is 14.8 Å². The van der Waals surface area contributed by atoms with Crippen LogP contribution in [0.2, 0.25) is 0 Å². The lowest BCUT2D eigenvalue weighted by Crippen LogP contribution is -2.12. The molecule has 0 radical (unpaired) electrons. The number of fused-ring (bicyclic) bond motifs is 1. The van der Waals surface area contributed by atoms with Gasteiger partial charge in [-0.25, -0.2) is 0 Å². The molecule has 3 aromatic rings. The Bertz CT molecular complexity index is 916. The molecule has 126 valence electrons. The molecule has 0 saturated carbocycles. The van der Waals surface area contributed by atoms with Crippen LogP contribution in [-0.4, -0.2) is 22.9 Å². The van der Waals surface area contributed by atoms with Crippen molar-refractivity contribution in [1.29, 1.82) is 0 Å². The second-order valence-corrected chi connectivity index (χ2v) is 5.96. The Balaban J connectivity index is 1.44. The van der Waals surface area contributed by atoms with Crippen molar-refractivity contribution in [2.45, 2.75) is 13.3 Å². The van der Waals surface area contributed by atoms with Gasteiger partial charge in [0.25, 0.3) is 5.91 Å². The van der Waals surface area contributed by atoms with E-state index >= 15 is 0 Å². The van der Waals surface area contributed by atoms with Gasteiger partial charge >= 0.3 is 0 Å². The van der Waals surface area contributed by atoms with Crippen LogP contribution in [0.25, 0.3) is 0 Å². The van der Waals surface area contributed by atoms with Crippen molar-refractivity contribution < 1.29 is 14.3 Å². The van der Waals surface area contributed by atoms with Crippen molar-refractivity contribution in [2.75, 3.05) is 12.1 Å². The van der Waals surface area contributed by atoms with Crippen molar-refractivity contribution in [1.82, 2.24) is 10.2 Å². The summed E-state index contributed by atoms with van der Waals surface area (Å²) in [6, 6.07) is 15.3. The number of nitrogens with zero attached hydrogens (tertiary/aromatic N) is 1. The topological polar surface area (TPSA) is 76.2 Å². The highest BCUT2D eigenvalue weighted by atomic mass is 16.7. The van der Waals surface area contributed by atoms with Gasteiger partial charge in [0.05, 0.1) is 0 Å². The molecule has 0 aliphatic carbocycles. The molecule has 0 unspecified atom stereocenters. The summed E-state index contributed by atoms with van der Waals surface area (Å²) in [5.41, 5.74) is 4.26. The first-order valence-electron chi connectivity index (χ1n) is 7.98. The van der Waals surface area contributed by atoms with Crippen molar-refractivity contribution >= 4 is 11.6 Å². The van der Waals surface area contributed by atoms with Crippen molar-refractivity contribution in [3.8, 4) is 11.5 Å². The molecule has 6 heteroatoms. The van der Waals surface area contributed by atoms with Crippen LogP contribution >= 0.6 is 0 Å². The minimum Gasteiger partial charge on any atom is -0.454 e. The van der Waals surface area contributed by atoms with Gasteiger partial charge < -0.3 is 14.8 Å². The third kappa shape index (κ3) is 3.33. The highest BCUT2D eigenvalue weighted by Gasteiger charge is 2.16. The number of ether oxygens (including phenoxy) is 2. The minimum atomic E-state index is -0.273. The van der Waals surface area contributed by atoms with Crippen LogP contribution in [0, 0.1) is 6.92 Å². The normalized spacial score (nSPS) is 12.2. The first-order valence-corrected chi connectivity index (χ1v) is 7.98. The smallest absolute Gasteiger partial charge is 0.276 e. The zero-order valence-electron chi connectivity index (χ0n) is 13.7. The summed E-state index contributed by atoms with van der Waals surface area (Å²) in [4.78, 5) is 12.4. The quantitative estimate of drug-likeness (QED) is 0.767. The van der Waals surface area contributed by atoms with Crippen molar-refractivity contribution in [3.05, 3.63) is 71.0 Å². The number of aromatic nitrogens is 2. The number of hydrogen-bond donors (Lipinski definition) is 2. The number of H-pyrrole nitrogens is 1. The molecule has 0 bridgehead atoms. The van der Waals surface area contributed by atoms with Gasteiger partial charge in [0.2, 0.25) is 6.79 Å². The number of anilines is 1. The van der Waals surface area contributed by atoms with Gasteiger partial charge in [-0.3, -0.25) is 9.89 Å². The SMILES string of the molecule is Cc1ccc(Cc2cc(C(=O)Nc3ccc4c(c3)OCO4)n[nH]2)cc1. The number of aromatic amines is 1. The van der Waals surface area contributed by atoms with Gasteiger partial charge in [0.1, 0.15) is 0 Å². The summed E-state index contributed by atoms with van der Waals surface area (Å²) < 4.78 is 10.6. The fraction of sp³-hybridized carbons (Fsp3) is 0.158. The standard InChI is InChI=1S/C19H17N3O3/c1-12-2-4-13(5-3-12)8-15-9-16(22-21-15)19(23)20-14-6-7-17-18(10-14)25-11-24-17/h2-7,9-10H,8,11H2,1H3,(H,20,23)(H,21,22). The molecule has 0 atom stereocenters. The maximum atomic E-state index is 12.4. The van der Waals surface area contributed by atoms with E-state index in [0.29, 0.717) is 29.3 Å². The number of aryl methyl sites for hydroxylation is 1. The molecule has 25 heavy (non-hydrogen) atoms. The summed E-state index contributed by atoms with van der Waals surface area (Å²) >= 11 is 0. The molecule has 1 aliphatic rings. The minimum absolute atomic E-state index is 0.203. The lowest BCUT2D eigenvalue weighted by atomic mass is 10.1. The third-order valence-corrected chi connectivity index (χ3v) is 4.01. The molecule has 4 rings (SSSR count). The predicted octanol–water partition coefficient (Wildman–Crippen LogP) is 3.29. The molecule has 0 spiro atoms. The fourth-order valence-electron chi connectivity index (χ4n) is 2.66. The van der Waals surface area contributed by atoms with E-state index in [9.17, 15) is 4.79 Å². The Kier molecular flexibility index (Phi) is 3.85. The number of nitrogens with one attached hydrogen (secondary N) is 2. The van der Waals surface area contributed by atoms with E-state index < -0.39 is 0 Å². The Morgan fingerprint density at radius 1 is 1.12 bits per heavy atom. The van der Waals surface area contributed by atoms with Gasteiger partial charge in [-0.05, 0) is 30.7 Å². The fourth-order valence-corrected chi connectivity index (χ4v) is 2.66. The molecule has 0 fully saturated rings. The third-order valence-electron chi connectivity index (χ3n) is 4.01. The number of amides is 1. The molecular weight excluding hydrogens is 318 g/mol. The largest absolute Gasteiger partial charge is 0.454 e. The monoisotopic (exact) mass is 335 g/mol. The van der Waals surface area contributed by atoms with Gasteiger partial charge in [-0.2, -0.15) is 5.10 Å². The molecule has 0 saturated heterocycles. The Hall–Kier alpha value is -3.28. The molecule has 1 aliphatic heterocycles.